The lowest BCUT2D eigenvalue weighted by atomic mass is 9.93. The molecule has 150 valence electrons. The predicted octanol–water partition coefficient (Wildman–Crippen LogP) is 3.92. The molecule has 0 atom stereocenters. The van der Waals surface area contributed by atoms with Crippen molar-refractivity contribution in [2.45, 2.75) is 44.1 Å². The minimum Gasteiger partial charge on any atom is -0.461 e. The summed E-state index contributed by atoms with van der Waals surface area (Å²) < 4.78 is 32.4. The molecule has 6 heteroatoms. The molecular formula is C22H27NO4S. The molecule has 0 aliphatic carbocycles. The minimum absolute atomic E-state index is 0.196. The molecule has 5 nitrogen and oxygen atoms in total. The predicted molar refractivity (Wildman–Crippen MR) is 108 cm³/mol. The molecule has 0 unspecified atom stereocenters. The Bertz CT molecular complexity index is 871. The Hall–Kier alpha value is -2.18. The zero-order valence-corrected chi connectivity index (χ0v) is 17.0. The molecule has 1 aliphatic heterocycles. The van der Waals surface area contributed by atoms with Crippen molar-refractivity contribution in [1.82, 2.24) is 4.31 Å². The van der Waals surface area contributed by atoms with Crippen LogP contribution in [0.25, 0.3) is 0 Å². The van der Waals surface area contributed by atoms with E-state index in [-0.39, 0.29) is 5.97 Å². The van der Waals surface area contributed by atoms with Crippen LogP contribution in [0.5, 0.6) is 0 Å². The molecule has 2 aromatic rings. The molecule has 0 N–H and O–H groups in total. The molecule has 1 aliphatic rings. The maximum absolute atomic E-state index is 12.7. The van der Waals surface area contributed by atoms with Crippen LogP contribution in [0.4, 0.5) is 0 Å². The van der Waals surface area contributed by atoms with E-state index in [2.05, 4.69) is 0 Å². The lowest BCUT2D eigenvalue weighted by molar-refractivity contribution is -0.145. The van der Waals surface area contributed by atoms with Crippen LogP contribution in [0.1, 0.15) is 36.8 Å². The number of carbonyl (C=O) groups is 1. The zero-order chi connectivity index (χ0) is 20.0. The maximum atomic E-state index is 12.7. The van der Waals surface area contributed by atoms with Crippen molar-refractivity contribution >= 4 is 16.0 Å². The Kier molecular flexibility index (Phi) is 6.86. The molecule has 0 spiro atoms. The van der Waals surface area contributed by atoms with Crippen molar-refractivity contribution in [2.75, 3.05) is 13.1 Å². The first-order chi connectivity index (χ1) is 13.4. The van der Waals surface area contributed by atoms with Gasteiger partial charge in [-0.15, -0.1) is 0 Å². The van der Waals surface area contributed by atoms with Crippen molar-refractivity contribution in [1.29, 1.82) is 0 Å². The summed E-state index contributed by atoms with van der Waals surface area (Å²) in [6, 6.07) is 16.6. The number of piperidine rings is 1. The number of esters is 1. The van der Waals surface area contributed by atoms with Gasteiger partial charge in [-0.05, 0) is 49.8 Å². The van der Waals surface area contributed by atoms with Crippen LogP contribution in [-0.2, 0) is 26.2 Å². The number of ether oxygens (including phenoxy) is 1. The van der Waals surface area contributed by atoms with Gasteiger partial charge < -0.3 is 4.74 Å². The third-order valence-electron chi connectivity index (χ3n) is 5.23. The summed E-state index contributed by atoms with van der Waals surface area (Å²) in [6.07, 6.45) is 2.67. The first-order valence-electron chi connectivity index (χ1n) is 9.71. The molecule has 28 heavy (non-hydrogen) atoms. The van der Waals surface area contributed by atoms with Gasteiger partial charge in [0, 0.05) is 19.5 Å². The SMILES string of the molecule is Cc1ccc(S(=O)(=O)N2CCC(CCC(=O)OCc3ccccc3)CC2)cc1. The lowest BCUT2D eigenvalue weighted by Crippen LogP contribution is -2.38. The number of nitrogens with zero attached hydrogens (tertiary/aromatic N) is 1. The van der Waals surface area contributed by atoms with Crippen molar-refractivity contribution in [3.63, 3.8) is 0 Å². The fourth-order valence-corrected chi connectivity index (χ4v) is 4.90. The molecule has 0 radical (unpaired) electrons. The van der Waals surface area contributed by atoms with Gasteiger partial charge in [0.15, 0.2) is 0 Å². The molecular weight excluding hydrogens is 374 g/mol. The summed E-state index contributed by atoms with van der Waals surface area (Å²) in [5.41, 5.74) is 2.02. The van der Waals surface area contributed by atoms with Crippen LogP contribution in [-0.4, -0.2) is 31.8 Å². The fourth-order valence-electron chi connectivity index (χ4n) is 3.43. The van der Waals surface area contributed by atoms with E-state index < -0.39 is 10.0 Å². The number of carbonyl (C=O) groups excluding carboxylic acids is 1. The summed E-state index contributed by atoms with van der Waals surface area (Å²) in [5, 5.41) is 0. The van der Waals surface area contributed by atoms with E-state index >= 15 is 0 Å². The van der Waals surface area contributed by atoms with Gasteiger partial charge >= 0.3 is 5.97 Å². The van der Waals surface area contributed by atoms with Gasteiger partial charge in [-0.25, -0.2) is 8.42 Å². The van der Waals surface area contributed by atoms with Gasteiger partial charge in [0.05, 0.1) is 4.90 Å². The minimum atomic E-state index is -3.43. The number of hydrogen-bond acceptors (Lipinski definition) is 4. The fraction of sp³-hybridized carbons (Fsp3) is 0.409. The summed E-state index contributed by atoms with van der Waals surface area (Å²) >= 11 is 0. The number of rotatable bonds is 7. The summed E-state index contributed by atoms with van der Waals surface area (Å²) in [7, 11) is -3.43. The first kappa shape index (κ1) is 20.6. The van der Waals surface area contributed by atoms with E-state index in [1.807, 2.05) is 49.4 Å². The van der Waals surface area contributed by atoms with Gasteiger partial charge in [-0.3, -0.25) is 4.79 Å². The number of sulfonamides is 1. The monoisotopic (exact) mass is 401 g/mol. The van der Waals surface area contributed by atoms with Crippen LogP contribution in [0.3, 0.4) is 0 Å². The highest BCUT2D eigenvalue weighted by Gasteiger charge is 2.29. The van der Waals surface area contributed by atoms with Crippen molar-refractivity contribution < 1.29 is 17.9 Å². The quantitative estimate of drug-likeness (QED) is 0.660. The highest BCUT2D eigenvalue weighted by atomic mass is 32.2. The topological polar surface area (TPSA) is 63.7 Å². The molecule has 1 heterocycles. The second-order valence-electron chi connectivity index (χ2n) is 7.35. The third kappa shape index (κ3) is 5.42. The Balaban J connectivity index is 1.42. The summed E-state index contributed by atoms with van der Waals surface area (Å²) in [4.78, 5) is 12.3. The van der Waals surface area contributed by atoms with Crippen molar-refractivity contribution in [2.24, 2.45) is 5.92 Å². The van der Waals surface area contributed by atoms with E-state index in [9.17, 15) is 13.2 Å². The Labute approximate surface area is 167 Å². The van der Waals surface area contributed by atoms with Gasteiger partial charge in [-0.1, -0.05) is 48.0 Å². The van der Waals surface area contributed by atoms with Gasteiger partial charge in [-0.2, -0.15) is 4.31 Å². The average Bonchev–Trinajstić information content (AvgIpc) is 2.72. The van der Waals surface area contributed by atoms with E-state index in [1.54, 1.807) is 16.4 Å². The Morgan fingerprint density at radius 2 is 1.68 bits per heavy atom. The first-order valence-corrected chi connectivity index (χ1v) is 11.2. The van der Waals surface area contributed by atoms with E-state index in [1.165, 1.54) is 0 Å². The molecule has 1 saturated heterocycles. The Morgan fingerprint density at radius 3 is 2.32 bits per heavy atom. The Morgan fingerprint density at radius 1 is 1.04 bits per heavy atom. The second kappa shape index (κ2) is 9.34. The number of benzene rings is 2. The van der Waals surface area contributed by atoms with Crippen LogP contribution in [0.2, 0.25) is 0 Å². The molecule has 0 aromatic heterocycles. The smallest absolute Gasteiger partial charge is 0.306 e. The van der Waals surface area contributed by atoms with Gasteiger partial charge in [0.25, 0.3) is 0 Å². The molecule has 1 fully saturated rings. The van der Waals surface area contributed by atoms with E-state index in [4.69, 9.17) is 4.74 Å². The van der Waals surface area contributed by atoms with Crippen LogP contribution in [0.15, 0.2) is 59.5 Å². The van der Waals surface area contributed by atoms with Gasteiger partial charge in [0.2, 0.25) is 10.0 Å². The molecule has 3 rings (SSSR count). The van der Waals surface area contributed by atoms with Crippen LogP contribution < -0.4 is 0 Å². The van der Waals surface area contributed by atoms with Gasteiger partial charge in [0.1, 0.15) is 6.61 Å². The largest absolute Gasteiger partial charge is 0.461 e. The van der Waals surface area contributed by atoms with Crippen LogP contribution >= 0.6 is 0 Å². The standard InChI is InChI=1S/C22H27NO4S/c1-18-7-10-21(11-8-18)28(25,26)23-15-13-19(14-16-23)9-12-22(24)27-17-20-5-3-2-4-6-20/h2-8,10-11,19H,9,12-17H2,1H3. The summed E-state index contributed by atoms with van der Waals surface area (Å²) in [6.45, 7) is 3.24. The van der Waals surface area contributed by atoms with E-state index in [0.717, 1.165) is 30.4 Å². The highest BCUT2D eigenvalue weighted by Crippen LogP contribution is 2.26. The highest BCUT2D eigenvalue weighted by molar-refractivity contribution is 7.89. The van der Waals surface area contributed by atoms with Crippen molar-refractivity contribution in [3.05, 3.63) is 65.7 Å². The van der Waals surface area contributed by atoms with Crippen molar-refractivity contribution in [3.8, 4) is 0 Å². The summed E-state index contributed by atoms with van der Waals surface area (Å²) in [5.74, 6) is 0.160. The van der Waals surface area contributed by atoms with E-state index in [0.29, 0.717) is 36.9 Å². The molecule has 0 amide bonds. The van der Waals surface area contributed by atoms with Crippen LogP contribution in [0, 0.1) is 12.8 Å². The number of hydrogen-bond donors (Lipinski definition) is 0. The molecule has 2 aromatic carbocycles. The zero-order valence-electron chi connectivity index (χ0n) is 16.2. The maximum Gasteiger partial charge on any atom is 0.306 e. The second-order valence-corrected chi connectivity index (χ2v) is 9.28. The third-order valence-corrected chi connectivity index (χ3v) is 7.14. The lowest BCUT2D eigenvalue weighted by Gasteiger charge is -2.31. The number of aryl methyl sites for hydroxylation is 1. The normalized spacial score (nSPS) is 16.0. The molecule has 0 bridgehead atoms. The molecule has 0 saturated carbocycles. The average molecular weight is 402 g/mol.